The van der Waals surface area contributed by atoms with Gasteiger partial charge >= 0.3 is 0 Å². The van der Waals surface area contributed by atoms with Crippen molar-refractivity contribution in [3.63, 3.8) is 0 Å². The summed E-state index contributed by atoms with van der Waals surface area (Å²) in [6, 6.07) is 0. The molecule has 2 nitrogen and oxygen atoms in total. The number of fused-ring (bicyclic) bond motifs is 5. The van der Waals surface area contributed by atoms with Crippen molar-refractivity contribution in [1.82, 2.24) is 0 Å². The standard InChI is InChI=1S/C28H48O2Si/c1-19(18-29)23-11-12-24-22-10-9-20-17-21(30-31(7,8)26(2,3)4)13-15-27(20,5)25(22)14-16-28(23,24)6/h9,18-19,21-25H,10-17H2,1-8H3/t19-,21?,22+,23-,24+,25+,27+,28-/m1/s1. The number of hydrogen-bond acceptors (Lipinski definition) is 2. The summed E-state index contributed by atoms with van der Waals surface area (Å²) in [5.74, 6) is 3.30. The van der Waals surface area contributed by atoms with E-state index in [0.717, 1.165) is 17.8 Å². The second kappa shape index (κ2) is 7.83. The molecule has 4 aliphatic rings. The summed E-state index contributed by atoms with van der Waals surface area (Å²) in [4.78, 5) is 11.6. The fraction of sp³-hybridized carbons (Fsp3) is 0.893. The highest BCUT2D eigenvalue weighted by Gasteiger charge is 2.59. The molecule has 3 heteroatoms. The molecule has 0 bridgehead atoms. The number of rotatable bonds is 4. The minimum Gasteiger partial charge on any atom is -0.414 e. The van der Waals surface area contributed by atoms with E-state index in [1.165, 1.54) is 57.7 Å². The molecule has 1 unspecified atom stereocenters. The van der Waals surface area contributed by atoms with Crippen LogP contribution in [0.3, 0.4) is 0 Å². The van der Waals surface area contributed by atoms with Crippen LogP contribution in [0.1, 0.15) is 92.9 Å². The molecule has 3 saturated carbocycles. The van der Waals surface area contributed by atoms with Gasteiger partial charge in [0, 0.05) is 12.0 Å². The molecule has 31 heavy (non-hydrogen) atoms. The zero-order chi connectivity index (χ0) is 22.8. The molecule has 0 amide bonds. The first-order valence-corrected chi connectivity index (χ1v) is 16.1. The van der Waals surface area contributed by atoms with Gasteiger partial charge in [-0.2, -0.15) is 0 Å². The van der Waals surface area contributed by atoms with Crippen molar-refractivity contribution in [2.45, 2.75) is 117 Å². The first-order valence-electron chi connectivity index (χ1n) is 13.2. The molecule has 0 aromatic carbocycles. The first kappa shape index (κ1) is 23.7. The van der Waals surface area contributed by atoms with E-state index in [4.69, 9.17) is 4.43 Å². The maximum absolute atomic E-state index is 11.6. The van der Waals surface area contributed by atoms with Crippen LogP contribution >= 0.6 is 0 Å². The zero-order valence-corrected chi connectivity index (χ0v) is 22.6. The molecule has 4 aliphatic carbocycles. The van der Waals surface area contributed by atoms with Crippen molar-refractivity contribution in [3.8, 4) is 0 Å². The lowest BCUT2D eigenvalue weighted by atomic mass is 9.47. The van der Waals surface area contributed by atoms with Gasteiger partial charge in [-0.15, -0.1) is 0 Å². The normalized spacial score (nSPS) is 44.0. The molecule has 0 spiro atoms. The van der Waals surface area contributed by atoms with Gasteiger partial charge in [-0.25, -0.2) is 0 Å². The molecule has 3 fully saturated rings. The lowest BCUT2D eigenvalue weighted by molar-refractivity contribution is -0.115. The molecule has 0 radical (unpaired) electrons. The number of carbonyl (C=O) groups excluding carboxylic acids is 1. The summed E-state index contributed by atoms with van der Waals surface area (Å²) < 4.78 is 6.88. The van der Waals surface area contributed by atoms with Crippen LogP contribution in [0.15, 0.2) is 11.6 Å². The summed E-state index contributed by atoms with van der Waals surface area (Å²) in [6.45, 7) is 19.2. The van der Waals surface area contributed by atoms with Crippen LogP contribution < -0.4 is 0 Å². The third-order valence-corrected chi connectivity index (χ3v) is 15.8. The fourth-order valence-electron chi connectivity index (χ4n) is 8.32. The highest BCUT2D eigenvalue weighted by molar-refractivity contribution is 6.74. The molecule has 4 rings (SSSR count). The Kier molecular flexibility index (Phi) is 5.99. The summed E-state index contributed by atoms with van der Waals surface area (Å²) in [6.07, 6.45) is 14.6. The topological polar surface area (TPSA) is 26.3 Å². The average molecular weight is 445 g/mol. The van der Waals surface area contributed by atoms with Crippen molar-refractivity contribution in [3.05, 3.63) is 11.6 Å². The van der Waals surface area contributed by atoms with Gasteiger partial charge in [0.1, 0.15) is 6.29 Å². The molecule has 0 aliphatic heterocycles. The quantitative estimate of drug-likeness (QED) is 0.251. The van der Waals surface area contributed by atoms with Crippen LogP contribution in [0.5, 0.6) is 0 Å². The van der Waals surface area contributed by atoms with Crippen molar-refractivity contribution in [2.24, 2.45) is 40.4 Å². The second-order valence-corrected chi connectivity index (χ2v) is 18.5. The minimum absolute atomic E-state index is 0.222. The summed E-state index contributed by atoms with van der Waals surface area (Å²) >= 11 is 0. The van der Waals surface area contributed by atoms with Crippen molar-refractivity contribution in [2.75, 3.05) is 0 Å². The molecule has 176 valence electrons. The Morgan fingerprint density at radius 2 is 1.81 bits per heavy atom. The van der Waals surface area contributed by atoms with Crippen molar-refractivity contribution >= 4 is 14.6 Å². The number of allylic oxidation sites excluding steroid dienone is 1. The SMILES string of the molecule is C[C@H](C=O)[C@H]1CC[C@H]2[C@@H]3CC=C4CC(O[Si](C)(C)C(C)(C)C)CC[C@]4(C)[C@H]3CC[C@]12C. The van der Waals surface area contributed by atoms with E-state index in [1.807, 2.05) is 0 Å². The van der Waals surface area contributed by atoms with Gasteiger partial charge in [0.15, 0.2) is 8.32 Å². The largest absolute Gasteiger partial charge is 0.414 e. The maximum atomic E-state index is 11.6. The Hall–Kier alpha value is -0.413. The summed E-state index contributed by atoms with van der Waals surface area (Å²) in [7, 11) is -1.71. The first-order chi connectivity index (χ1) is 14.3. The fourth-order valence-corrected chi connectivity index (χ4v) is 9.71. The van der Waals surface area contributed by atoms with Gasteiger partial charge in [-0.1, -0.05) is 53.2 Å². The van der Waals surface area contributed by atoms with Gasteiger partial charge < -0.3 is 9.22 Å². The summed E-state index contributed by atoms with van der Waals surface area (Å²) in [5.41, 5.74) is 2.49. The lowest BCUT2D eigenvalue weighted by Crippen LogP contribution is -2.52. The minimum atomic E-state index is -1.71. The smallest absolute Gasteiger partial charge is 0.192 e. The molecule has 0 aromatic rings. The average Bonchev–Trinajstić information content (AvgIpc) is 3.04. The van der Waals surface area contributed by atoms with Gasteiger partial charge in [0.2, 0.25) is 0 Å². The zero-order valence-electron chi connectivity index (χ0n) is 21.6. The van der Waals surface area contributed by atoms with Crippen LogP contribution in [-0.4, -0.2) is 20.7 Å². The molecule has 0 saturated heterocycles. The Morgan fingerprint density at radius 3 is 2.45 bits per heavy atom. The molecular weight excluding hydrogens is 396 g/mol. The van der Waals surface area contributed by atoms with E-state index in [-0.39, 0.29) is 11.0 Å². The third kappa shape index (κ3) is 3.74. The van der Waals surface area contributed by atoms with Crippen molar-refractivity contribution < 1.29 is 9.22 Å². The van der Waals surface area contributed by atoms with E-state index in [0.29, 0.717) is 22.9 Å². The number of carbonyl (C=O) groups is 1. The number of aldehydes is 1. The molecule has 0 heterocycles. The summed E-state index contributed by atoms with van der Waals surface area (Å²) in [5, 5.41) is 0.283. The van der Waals surface area contributed by atoms with Crippen LogP contribution in [0.4, 0.5) is 0 Å². The van der Waals surface area contributed by atoms with Gasteiger partial charge in [0.25, 0.3) is 0 Å². The van der Waals surface area contributed by atoms with Gasteiger partial charge in [0.05, 0.1) is 0 Å². The van der Waals surface area contributed by atoms with E-state index in [2.05, 4.69) is 60.7 Å². The Balaban J connectivity index is 1.53. The maximum Gasteiger partial charge on any atom is 0.192 e. The molecule has 0 aromatic heterocycles. The highest BCUT2D eigenvalue weighted by Crippen LogP contribution is 2.67. The van der Waals surface area contributed by atoms with Gasteiger partial charge in [-0.3, -0.25) is 0 Å². The third-order valence-electron chi connectivity index (χ3n) is 11.2. The Morgan fingerprint density at radius 1 is 1.10 bits per heavy atom. The second-order valence-electron chi connectivity index (χ2n) is 13.7. The molecule has 0 N–H and O–H groups in total. The van der Waals surface area contributed by atoms with Crippen LogP contribution in [-0.2, 0) is 9.22 Å². The monoisotopic (exact) mass is 444 g/mol. The van der Waals surface area contributed by atoms with Crippen molar-refractivity contribution in [1.29, 1.82) is 0 Å². The van der Waals surface area contributed by atoms with Crippen LogP contribution in [0.2, 0.25) is 18.1 Å². The molecular formula is C28H48O2Si. The highest BCUT2D eigenvalue weighted by atomic mass is 28.4. The van der Waals surface area contributed by atoms with Crippen LogP contribution in [0.25, 0.3) is 0 Å². The predicted octanol–water partition coefficient (Wildman–Crippen LogP) is 7.79. The van der Waals surface area contributed by atoms with E-state index >= 15 is 0 Å². The Bertz CT molecular complexity index is 734. The van der Waals surface area contributed by atoms with Crippen LogP contribution in [0, 0.1) is 40.4 Å². The van der Waals surface area contributed by atoms with E-state index < -0.39 is 8.32 Å². The Labute approximate surface area is 193 Å². The predicted molar refractivity (Wildman–Crippen MR) is 132 cm³/mol. The molecule has 8 atom stereocenters. The van der Waals surface area contributed by atoms with E-state index in [1.54, 1.807) is 5.57 Å². The van der Waals surface area contributed by atoms with E-state index in [9.17, 15) is 4.79 Å². The van der Waals surface area contributed by atoms with Gasteiger partial charge in [-0.05, 0) is 104 Å². The number of hydrogen-bond donors (Lipinski definition) is 0. The lowest BCUT2D eigenvalue weighted by Gasteiger charge is -2.58.